The van der Waals surface area contributed by atoms with E-state index < -0.39 is 5.97 Å². The highest BCUT2D eigenvalue weighted by Gasteiger charge is 2.59. The Morgan fingerprint density at radius 3 is 2.60 bits per heavy atom. The van der Waals surface area contributed by atoms with Crippen LogP contribution in [0.3, 0.4) is 0 Å². The number of carboxylic acid groups (broad SMARTS) is 1. The zero-order chi connectivity index (χ0) is 21.5. The van der Waals surface area contributed by atoms with Gasteiger partial charge in [-0.15, -0.1) is 0 Å². The molecular formula is C26H40O4. The van der Waals surface area contributed by atoms with E-state index in [1.54, 1.807) is 5.57 Å². The lowest BCUT2D eigenvalue weighted by atomic mass is 9.45. The molecule has 4 nitrogen and oxygen atoms in total. The molecule has 4 heteroatoms. The SMILES string of the molecule is C/C=C1/CC[C@H]2[C@@H]3CC[C@@H]4C[C@H](OC(=O)CCCC(=O)O)CC[C@]4(C)[C@H]3CC[C@]12C. The van der Waals surface area contributed by atoms with E-state index in [9.17, 15) is 9.59 Å². The zero-order valence-corrected chi connectivity index (χ0v) is 19.1. The quantitative estimate of drug-likeness (QED) is 0.432. The number of allylic oxidation sites excluding steroid dienone is 2. The van der Waals surface area contributed by atoms with Crippen LogP contribution in [0.15, 0.2) is 11.6 Å². The highest BCUT2D eigenvalue weighted by atomic mass is 16.5. The van der Waals surface area contributed by atoms with Gasteiger partial charge in [0.2, 0.25) is 0 Å². The second-order valence-corrected chi connectivity index (χ2v) is 11.1. The fourth-order valence-corrected chi connectivity index (χ4v) is 8.28. The maximum atomic E-state index is 12.2. The smallest absolute Gasteiger partial charge is 0.306 e. The van der Waals surface area contributed by atoms with Crippen LogP contribution in [-0.4, -0.2) is 23.1 Å². The molecule has 1 N–H and O–H groups in total. The molecule has 4 rings (SSSR count). The number of fused-ring (bicyclic) bond motifs is 5. The van der Waals surface area contributed by atoms with Crippen molar-refractivity contribution in [1.29, 1.82) is 0 Å². The van der Waals surface area contributed by atoms with Crippen molar-refractivity contribution in [2.75, 3.05) is 0 Å². The predicted molar refractivity (Wildman–Crippen MR) is 117 cm³/mol. The normalized spacial score (nSPS) is 44.1. The molecule has 0 saturated heterocycles. The van der Waals surface area contributed by atoms with E-state index in [-0.39, 0.29) is 24.9 Å². The molecule has 4 saturated carbocycles. The summed E-state index contributed by atoms with van der Waals surface area (Å²) in [5.41, 5.74) is 2.56. The molecule has 0 aromatic heterocycles. The number of ether oxygens (including phenoxy) is 1. The van der Waals surface area contributed by atoms with Gasteiger partial charge in [0.1, 0.15) is 6.10 Å². The highest BCUT2D eigenvalue weighted by Crippen LogP contribution is 2.67. The van der Waals surface area contributed by atoms with Crippen LogP contribution in [-0.2, 0) is 14.3 Å². The van der Waals surface area contributed by atoms with E-state index in [0.717, 1.165) is 30.6 Å². The van der Waals surface area contributed by atoms with Gasteiger partial charge in [-0.05, 0) is 106 Å². The van der Waals surface area contributed by atoms with Gasteiger partial charge in [-0.25, -0.2) is 0 Å². The fourth-order valence-electron chi connectivity index (χ4n) is 8.28. The average Bonchev–Trinajstić information content (AvgIpc) is 3.04. The van der Waals surface area contributed by atoms with E-state index in [0.29, 0.717) is 23.2 Å². The second kappa shape index (κ2) is 8.31. The first kappa shape index (κ1) is 21.9. The van der Waals surface area contributed by atoms with Crippen molar-refractivity contribution in [2.24, 2.45) is 34.5 Å². The monoisotopic (exact) mass is 416 g/mol. The number of hydrogen-bond donors (Lipinski definition) is 1. The van der Waals surface area contributed by atoms with Crippen molar-refractivity contribution in [3.63, 3.8) is 0 Å². The van der Waals surface area contributed by atoms with E-state index in [4.69, 9.17) is 9.84 Å². The molecule has 0 aliphatic heterocycles. The first-order valence-electron chi connectivity index (χ1n) is 12.3. The highest BCUT2D eigenvalue weighted by molar-refractivity contribution is 5.71. The van der Waals surface area contributed by atoms with Gasteiger partial charge in [0.05, 0.1) is 0 Å². The molecular weight excluding hydrogens is 376 g/mol. The number of carbonyl (C=O) groups excluding carboxylic acids is 1. The lowest BCUT2D eigenvalue weighted by Crippen LogP contribution is -2.53. The summed E-state index contributed by atoms with van der Waals surface area (Å²) in [6, 6.07) is 0. The summed E-state index contributed by atoms with van der Waals surface area (Å²) in [4.78, 5) is 22.8. The molecule has 168 valence electrons. The third-order valence-corrected chi connectivity index (χ3v) is 9.88. The van der Waals surface area contributed by atoms with Crippen molar-refractivity contribution in [3.8, 4) is 0 Å². The summed E-state index contributed by atoms with van der Waals surface area (Å²) in [5, 5.41) is 8.75. The lowest BCUT2D eigenvalue weighted by Gasteiger charge is -2.60. The van der Waals surface area contributed by atoms with Crippen LogP contribution in [0.1, 0.15) is 97.8 Å². The topological polar surface area (TPSA) is 63.6 Å². The number of esters is 1. The minimum Gasteiger partial charge on any atom is -0.481 e. The van der Waals surface area contributed by atoms with Crippen LogP contribution in [0, 0.1) is 34.5 Å². The van der Waals surface area contributed by atoms with Crippen molar-refractivity contribution in [2.45, 2.75) is 104 Å². The summed E-state index contributed by atoms with van der Waals surface area (Å²) in [7, 11) is 0. The van der Waals surface area contributed by atoms with Gasteiger partial charge in [0.15, 0.2) is 0 Å². The molecule has 30 heavy (non-hydrogen) atoms. The van der Waals surface area contributed by atoms with E-state index in [1.165, 1.54) is 44.9 Å². The van der Waals surface area contributed by atoms with Gasteiger partial charge in [-0.2, -0.15) is 0 Å². The second-order valence-electron chi connectivity index (χ2n) is 11.1. The summed E-state index contributed by atoms with van der Waals surface area (Å²) in [5.74, 6) is 2.17. The zero-order valence-electron chi connectivity index (χ0n) is 19.1. The van der Waals surface area contributed by atoms with E-state index >= 15 is 0 Å². The Kier molecular flexibility index (Phi) is 6.07. The van der Waals surface area contributed by atoms with Gasteiger partial charge in [-0.1, -0.05) is 25.5 Å². The molecule has 4 aliphatic carbocycles. The Morgan fingerprint density at radius 1 is 1.07 bits per heavy atom. The Morgan fingerprint density at radius 2 is 1.87 bits per heavy atom. The van der Waals surface area contributed by atoms with Crippen molar-refractivity contribution >= 4 is 11.9 Å². The van der Waals surface area contributed by atoms with Gasteiger partial charge < -0.3 is 9.84 Å². The minimum absolute atomic E-state index is 0.0342. The van der Waals surface area contributed by atoms with Crippen molar-refractivity contribution in [3.05, 3.63) is 11.6 Å². The van der Waals surface area contributed by atoms with Crippen LogP contribution >= 0.6 is 0 Å². The number of hydrogen-bond acceptors (Lipinski definition) is 3. The Hall–Kier alpha value is -1.32. The van der Waals surface area contributed by atoms with Crippen LogP contribution in [0.4, 0.5) is 0 Å². The molecule has 0 bridgehead atoms. The maximum absolute atomic E-state index is 12.2. The molecule has 7 atom stereocenters. The Balaban J connectivity index is 1.38. The average molecular weight is 417 g/mol. The number of rotatable bonds is 5. The molecule has 0 aromatic carbocycles. The molecule has 0 radical (unpaired) electrons. The maximum Gasteiger partial charge on any atom is 0.306 e. The molecule has 0 spiro atoms. The summed E-state index contributed by atoms with van der Waals surface area (Å²) >= 11 is 0. The van der Waals surface area contributed by atoms with Gasteiger partial charge in [0.25, 0.3) is 0 Å². The largest absolute Gasteiger partial charge is 0.481 e. The molecule has 4 aliphatic rings. The third kappa shape index (κ3) is 3.73. The van der Waals surface area contributed by atoms with Crippen LogP contribution < -0.4 is 0 Å². The van der Waals surface area contributed by atoms with Crippen molar-refractivity contribution < 1.29 is 19.4 Å². The lowest BCUT2D eigenvalue weighted by molar-refractivity contribution is -0.161. The fraction of sp³-hybridized carbons (Fsp3) is 0.846. The molecule has 0 heterocycles. The Bertz CT molecular complexity index is 712. The molecule has 4 fully saturated rings. The predicted octanol–water partition coefficient (Wildman–Crippen LogP) is 6.14. The van der Waals surface area contributed by atoms with Gasteiger partial charge in [0, 0.05) is 12.8 Å². The summed E-state index contributed by atoms with van der Waals surface area (Å²) in [6.07, 6.45) is 14.3. The van der Waals surface area contributed by atoms with Gasteiger partial charge >= 0.3 is 11.9 Å². The van der Waals surface area contributed by atoms with E-state index in [2.05, 4.69) is 26.8 Å². The van der Waals surface area contributed by atoms with Crippen molar-refractivity contribution in [1.82, 2.24) is 0 Å². The van der Waals surface area contributed by atoms with E-state index in [1.807, 2.05) is 0 Å². The number of carbonyl (C=O) groups is 2. The summed E-state index contributed by atoms with van der Waals surface area (Å²) < 4.78 is 5.78. The van der Waals surface area contributed by atoms with Crippen LogP contribution in [0.25, 0.3) is 0 Å². The first-order chi connectivity index (χ1) is 14.3. The molecule has 0 amide bonds. The molecule has 0 unspecified atom stereocenters. The van der Waals surface area contributed by atoms with Crippen LogP contribution in [0.2, 0.25) is 0 Å². The first-order valence-corrected chi connectivity index (χ1v) is 12.3. The minimum atomic E-state index is -0.847. The summed E-state index contributed by atoms with van der Waals surface area (Å²) in [6.45, 7) is 7.33. The third-order valence-electron chi connectivity index (χ3n) is 9.88. The number of aliphatic carboxylic acids is 1. The van der Waals surface area contributed by atoms with Crippen LogP contribution in [0.5, 0.6) is 0 Å². The number of carboxylic acids is 1. The Labute approximate surface area is 181 Å². The standard InChI is InChI=1S/C26H40O4/c1-4-17-9-11-21-20-10-8-18-16-19(30-24(29)7-5-6-23(27)28)12-14-26(18,3)22(20)13-15-25(17,21)2/h4,18-22H,5-16H2,1-3H3,(H,27,28)/b17-4-/t18-,19-,20+,21+,22+,25-,26+/m1/s1. The van der Waals surface area contributed by atoms with Gasteiger partial charge in [-0.3, -0.25) is 9.59 Å². The molecule has 0 aromatic rings.